The lowest BCUT2D eigenvalue weighted by molar-refractivity contribution is 0.624. The smallest absolute Gasteiger partial charge is 0.0946 e. The average molecular weight is 383 g/mol. The van der Waals surface area contributed by atoms with Crippen molar-refractivity contribution in [3.05, 3.63) is 53.0 Å². The van der Waals surface area contributed by atoms with E-state index in [-0.39, 0.29) is 4.08 Å². The number of benzene rings is 1. The Morgan fingerprint density at radius 2 is 2.19 bits per heavy atom. The molecule has 0 aliphatic carbocycles. The van der Waals surface area contributed by atoms with E-state index in [0.29, 0.717) is 0 Å². The summed E-state index contributed by atoms with van der Waals surface area (Å²) in [5.41, 5.74) is 1.41. The maximum absolute atomic E-state index is 4.19. The van der Waals surface area contributed by atoms with Crippen LogP contribution in [-0.2, 0) is 13.0 Å². The molecule has 2 aromatic rings. The first kappa shape index (κ1) is 15.5. The van der Waals surface area contributed by atoms with E-state index in [9.17, 15) is 0 Å². The Morgan fingerprint density at radius 3 is 2.81 bits per heavy atom. The standard InChI is InChI=1S/C16H19BrN2S2/c1-2-15-10-20-16(21-15,11-19-8-7-18-12-19)9-13-3-5-14(17)6-4-13/h3-8,12,15H,2,9-11H2,1H3. The van der Waals surface area contributed by atoms with Gasteiger partial charge in [-0.3, -0.25) is 0 Å². The lowest BCUT2D eigenvalue weighted by Crippen LogP contribution is -2.27. The molecule has 0 saturated carbocycles. The quantitative estimate of drug-likeness (QED) is 0.736. The van der Waals surface area contributed by atoms with Crippen molar-refractivity contribution in [3.8, 4) is 0 Å². The van der Waals surface area contributed by atoms with Crippen LogP contribution in [0.3, 0.4) is 0 Å². The summed E-state index contributed by atoms with van der Waals surface area (Å²) >= 11 is 7.80. The Bertz CT molecular complexity index is 570. The second-order valence-electron chi connectivity index (χ2n) is 5.41. The molecule has 1 aliphatic heterocycles. The van der Waals surface area contributed by atoms with E-state index in [1.54, 1.807) is 0 Å². The van der Waals surface area contributed by atoms with Crippen LogP contribution in [0.1, 0.15) is 18.9 Å². The summed E-state index contributed by atoms with van der Waals surface area (Å²) in [6.07, 6.45) is 8.23. The van der Waals surface area contributed by atoms with Gasteiger partial charge in [-0.25, -0.2) is 4.98 Å². The van der Waals surface area contributed by atoms with Gasteiger partial charge in [0, 0.05) is 34.4 Å². The van der Waals surface area contributed by atoms with E-state index in [1.807, 2.05) is 12.5 Å². The third-order valence-corrected chi connectivity index (χ3v) is 8.03. The lowest BCUT2D eigenvalue weighted by Gasteiger charge is -2.28. The fraction of sp³-hybridized carbons (Fsp3) is 0.438. The Morgan fingerprint density at radius 1 is 1.38 bits per heavy atom. The predicted molar refractivity (Wildman–Crippen MR) is 96.9 cm³/mol. The van der Waals surface area contributed by atoms with Gasteiger partial charge in [0.05, 0.1) is 10.4 Å². The van der Waals surface area contributed by atoms with E-state index in [2.05, 4.69) is 86.4 Å². The van der Waals surface area contributed by atoms with Crippen molar-refractivity contribution in [1.29, 1.82) is 0 Å². The van der Waals surface area contributed by atoms with Gasteiger partial charge in [0.25, 0.3) is 0 Å². The van der Waals surface area contributed by atoms with E-state index in [4.69, 9.17) is 0 Å². The summed E-state index contributed by atoms with van der Waals surface area (Å²) in [5, 5.41) is 0.772. The molecule has 0 spiro atoms. The van der Waals surface area contributed by atoms with Crippen molar-refractivity contribution >= 4 is 39.5 Å². The molecule has 0 amide bonds. The number of halogens is 1. The molecule has 1 aromatic carbocycles. The molecule has 2 nitrogen and oxygen atoms in total. The zero-order valence-corrected chi connectivity index (χ0v) is 15.3. The summed E-state index contributed by atoms with van der Waals surface area (Å²) in [4.78, 5) is 4.19. The van der Waals surface area contributed by atoms with Crippen molar-refractivity contribution in [1.82, 2.24) is 9.55 Å². The first-order valence-electron chi connectivity index (χ1n) is 7.21. The molecule has 1 aromatic heterocycles. The summed E-state index contributed by atoms with van der Waals surface area (Å²) in [7, 11) is 0. The predicted octanol–water partition coefficient (Wildman–Crippen LogP) is 4.84. The van der Waals surface area contributed by atoms with Crippen molar-refractivity contribution in [3.63, 3.8) is 0 Å². The molecule has 21 heavy (non-hydrogen) atoms. The maximum atomic E-state index is 4.19. The van der Waals surface area contributed by atoms with Gasteiger partial charge in [-0.05, 0) is 30.5 Å². The number of hydrogen-bond donors (Lipinski definition) is 0. The molecule has 2 unspecified atom stereocenters. The highest BCUT2D eigenvalue weighted by atomic mass is 79.9. The van der Waals surface area contributed by atoms with Crippen LogP contribution in [0.25, 0.3) is 0 Å². The number of thioether (sulfide) groups is 2. The van der Waals surface area contributed by atoms with Gasteiger partial charge in [-0.2, -0.15) is 0 Å². The molecule has 1 fully saturated rings. The Labute approximate surface area is 143 Å². The molecule has 2 atom stereocenters. The minimum Gasteiger partial charge on any atom is -0.335 e. The molecule has 5 heteroatoms. The normalized spacial score (nSPS) is 25.3. The van der Waals surface area contributed by atoms with Gasteiger partial charge in [0.1, 0.15) is 0 Å². The number of imidazole rings is 1. The highest BCUT2D eigenvalue weighted by molar-refractivity contribution is 9.10. The SMILES string of the molecule is CCC1CSC(Cc2ccc(Br)cc2)(Cn2ccnc2)S1. The molecular formula is C16H19BrN2S2. The Hall–Kier alpha value is -0.390. The van der Waals surface area contributed by atoms with Crippen LogP contribution >= 0.6 is 39.5 Å². The number of aromatic nitrogens is 2. The lowest BCUT2D eigenvalue weighted by atomic mass is 10.1. The van der Waals surface area contributed by atoms with Gasteiger partial charge >= 0.3 is 0 Å². The number of hydrogen-bond acceptors (Lipinski definition) is 3. The number of rotatable bonds is 5. The third-order valence-electron chi connectivity index (χ3n) is 3.74. The largest absolute Gasteiger partial charge is 0.335 e. The summed E-state index contributed by atoms with van der Waals surface area (Å²) < 4.78 is 3.60. The fourth-order valence-electron chi connectivity index (χ4n) is 2.62. The molecule has 0 N–H and O–H groups in total. The van der Waals surface area contributed by atoms with Gasteiger partial charge in [0.2, 0.25) is 0 Å². The van der Waals surface area contributed by atoms with Gasteiger partial charge in [-0.15, -0.1) is 23.5 Å². The maximum Gasteiger partial charge on any atom is 0.0946 e. The molecule has 0 bridgehead atoms. The molecule has 1 aliphatic rings. The van der Waals surface area contributed by atoms with Crippen LogP contribution in [0.4, 0.5) is 0 Å². The first-order chi connectivity index (χ1) is 10.2. The van der Waals surface area contributed by atoms with E-state index < -0.39 is 0 Å². The van der Waals surface area contributed by atoms with E-state index in [0.717, 1.165) is 22.7 Å². The zero-order chi connectivity index (χ0) is 14.7. The van der Waals surface area contributed by atoms with Gasteiger partial charge < -0.3 is 4.57 Å². The van der Waals surface area contributed by atoms with Crippen LogP contribution in [0, 0.1) is 0 Å². The highest BCUT2D eigenvalue weighted by Gasteiger charge is 2.40. The van der Waals surface area contributed by atoms with E-state index in [1.165, 1.54) is 17.7 Å². The van der Waals surface area contributed by atoms with Gasteiger partial charge in [0.15, 0.2) is 0 Å². The summed E-state index contributed by atoms with van der Waals surface area (Å²) in [6, 6.07) is 8.75. The molecule has 3 rings (SSSR count). The number of nitrogens with zero attached hydrogens (tertiary/aromatic N) is 2. The molecular weight excluding hydrogens is 364 g/mol. The van der Waals surface area contributed by atoms with Crippen LogP contribution in [0.15, 0.2) is 47.5 Å². The van der Waals surface area contributed by atoms with Crippen LogP contribution in [0.5, 0.6) is 0 Å². The molecule has 0 radical (unpaired) electrons. The van der Waals surface area contributed by atoms with Crippen LogP contribution in [-0.4, -0.2) is 24.6 Å². The van der Waals surface area contributed by atoms with Crippen molar-refractivity contribution in [2.24, 2.45) is 0 Å². The minimum absolute atomic E-state index is 0.231. The topological polar surface area (TPSA) is 17.8 Å². The van der Waals surface area contributed by atoms with Crippen LogP contribution in [0.2, 0.25) is 0 Å². The van der Waals surface area contributed by atoms with Crippen LogP contribution < -0.4 is 0 Å². The summed E-state index contributed by atoms with van der Waals surface area (Å²) in [6.45, 7) is 3.32. The zero-order valence-electron chi connectivity index (χ0n) is 12.0. The molecule has 112 valence electrons. The molecule has 2 heterocycles. The van der Waals surface area contributed by atoms with Crippen molar-refractivity contribution in [2.45, 2.75) is 35.6 Å². The second-order valence-corrected chi connectivity index (χ2v) is 9.67. The average Bonchev–Trinajstić information content (AvgIpc) is 3.12. The van der Waals surface area contributed by atoms with Gasteiger partial charge in [-0.1, -0.05) is 35.0 Å². The first-order valence-corrected chi connectivity index (χ1v) is 9.87. The third kappa shape index (κ3) is 3.88. The second kappa shape index (κ2) is 6.80. The van der Waals surface area contributed by atoms with Crippen molar-refractivity contribution in [2.75, 3.05) is 5.75 Å². The Balaban J connectivity index is 1.80. The highest BCUT2D eigenvalue weighted by Crippen LogP contribution is 2.51. The minimum atomic E-state index is 0.231. The fourth-order valence-corrected chi connectivity index (χ4v) is 6.73. The summed E-state index contributed by atoms with van der Waals surface area (Å²) in [5.74, 6) is 1.26. The monoisotopic (exact) mass is 382 g/mol. The van der Waals surface area contributed by atoms with Crippen molar-refractivity contribution < 1.29 is 0 Å². The van der Waals surface area contributed by atoms with E-state index >= 15 is 0 Å². The Kier molecular flexibility index (Phi) is 5.02. The molecule has 1 saturated heterocycles.